The molecule has 98 valence electrons. The number of anilines is 1. The van der Waals surface area contributed by atoms with E-state index in [9.17, 15) is 5.11 Å². The van der Waals surface area contributed by atoms with Crippen molar-refractivity contribution in [3.05, 3.63) is 24.0 Å². The van der Waals surface area contributed by atoms with Crippen LogP contribution < -0.4 is 10.6 Å². The molecule has 18 heavy (non-hydrogen) atoms. The molecule has 1 aromatic heterocycles. The van der Waals surface area contributed by atoms with Crippen molar-refractivity contribution in [2.75, 3.05) is 18.0 Å². The Morgan fingerprint density at radius 2 is 2.39 bits per heavy atom. The standard InChI is InChI=1S/C12H18N4O2/c1-8-7-16(5-3-11(8)17)9-2-4-14-10(6-9)12(13)15-18/h2,4,6,8,11,17-18H,3,5,7H2,1H3,(H2,13,15). The average molecular weight is 250 g/mol. The largest absolute Gasteiger partial charge is 0.409 e. The van der Waals surface area contributed by atoms with Crippen LogP contribution in [-0.2, 0) is 0 Å². The van der Waals surface area contributed by atoms with Gasteiger partial charge in [0.25, 0.3) is 0 Å². The molecule has 2 heterocycles. The molecule has 0 radical (unpaired) electrons. The molecule has 1 aromatic rings. The van der Waals surface area contributed by atoms with E-state index in [2.05, 4.69) is 15.0 Å². The summed E-state index contributed by atoms with van der Waals surface area (Å²) in [5, 5.41) is 21.3. The molecule has 0 spiro atoms. The monoisotopic (exact) mass is 250 g/mol. The summed E-state index contributed by atoms with van der Waals surface area (Å²) in [7, 11) is 0. The van der Waals surface area contributed by atoms with Crippen LogP contribution in [0, 0.1) is 5.92 Å². The fourth-order valence-electron chi connectivity index (χ4n) is 2.18. The van der Waals surface area contributed by atoms with E-state index >= 15 is 0 Å². The third kappa shape index (κ3) is 2.53. The lowest BCUT2D eigenvalue weighted by Gasteiger charge is -2.36. The zero-order chi connectivity index (χ0) is 13.1. The van der Waals surface area contributed by atoms with Gasteiger partial charge in [-0.2, -0.15) is 0 Å². The van der Waals surface area contributed by atoms with E-state index in [-0.39, 0.29) is 17.9 Å². The molecular weight excluding hydrogens is 232 g/mol. The van der Waals surface area contributed by atoms with E-state index in [0.29, 0.717) is 5.69 Å². The fraction of sp³-hybridized carbons (Fsp3) is 0.500. The number of hydrogen-bond acceptors (Lipinski definition) is 5. The van der Waals surface area contributed by atoms with Crippen LogP contribution in [0.4, 0.5) is 5.69 Å². The summed E-state index contributed by atoms with van der Waals surface area (Å²) >= 11 is 0. The highest BCUT2D eigenvalue weighted by Gasteiger charge is 2.24. The molecule has 0 aliphatic carbocycles. The quantitative estimate of drug-likeness (QED) is 0.305. The molecule has 2 unspecified atom stereocenters. The predicted octanol–water partition coefficient (Wildman–Crippen LogP) is 0.383. The van der Waals surface area contributed by atoms with Gasteiger partial charge in [0.05, 0.1) is 6.10 Å². The molecule has 0 aromatic carbocycles. The Labute approximate surface area is 106 Å². The lowest BCUT2D eigenvalue weighted by molar-refractivity contribution is 0.0971. The number of aromatic nitrogens is 1. The van der Waals surface area contributed by atoms with Crippen molar-refractivity contribution in [1.29, 1.82) is 0 Å². The molecule has 0 bridgehead atoms. The topological polar surface area (TPSA) is 95.0 Å². The van der Waals surface area contributed by atoms with Gasteiger partial charge in [0, 0.05) is 25.0 Å². The van der Waals surface area contributed by atoms with Crippen LogP contribution in [0.1, 0.15) is 19.0 Å². The minimum absolute atomic E-state index is 0.00180. The maximum absolute atomic E-state index is 9.71. The summed E-state index contributed by atoms with van der Waals surface area (Å²) < 4.78 is 0. The molecule has 4 N–H and O–H groups in total. The summed E-state index contributed by atoms with van der Waals surface area (Å²) in [5.74, 6) is 0.237. The molecule has 1 saturated heterocycles. The van der Waals surface area contributed by atoms with Gasteiger partial charge < -0.3 is 20.9 Å². The van der Waals surface area contributed by atoms with Crippen LogP contribution in [0.15, 0.2) is 23.5 Å². The van der Waals surface area contributed by atoms with Gasteiger partial charge in [-0.15, -0.1) is 0 Å². The van der Waals surface area contributed by atoms with Crippen LogP contribution in [-0.4, -0.2) is 40.3 Å². The van der Waals surface area contributed by atoms with E-state index in [1.165, 1.54) is 0 Å². The van der Waals surface area contributed by atoms with Crippen LogP contribution in [0.5, 0.6) is 0 Å². The second kappa shape index (κ2) is 5.22. The van der Waals surface area contributed by atoms with Crippen molar-refractivity contribution in [2.45, 2.75) is 19.4 Å². The SMILES string of the molecule is CC1CN(c2ccnc(/C(N)=N/O)c2)CCC1O. The molecule has 1 aliphatic heterocycles. The lowest BCUT2D eigenvalue weighted by atomic mass is 9.96. The van der Waals surface area contributed by atoms with Gasteiger partial charge in [0.15, 0.2) is 5.84 Å². The highest BCUT2D eigenvalue weighted by molar-refractivity contribution is 5.95. The van der Waals surface area contributed by atoms with Crippen molar-refractivity contribution in [3.8, 4) is 0 Å². The summed E-state index contributed by atoms with van der Waals surface area (Å²) in [6, 6.07) is 3.68. The second-order valence-corrected chi connectivity index (χ2v) is 4.66. The molecule has 2 atom stereocenters. The van der Waals surface area contributed by atoms with Gasteiger partial charge in [0.1, 0.15) is 5.69 Å². The first-order chi connectivity index (χ1) is 8.61. The summed E-state index contributed by atoms with van der Waals surface area (Å²) in [6.07, 6.45) is 2.16. The minimum atomic E-state index is -0.230. The Balaban J connectivity index is 2.19. The van der Waals surface area contributed by atoms with Crippen LogP contribution in [0.3, 0.4) is 0 Å². The van der Waals surface area contributed by atoms with Crippen molar-refractivity contribution in [3.63, 3.8) is 0 Å². The smallest absolute Gasteiger partial charge is 0.188 e. The maximum Gasteiger partial charge on any atom is 0.188 e. The van der Waals surface area contributed by atoms with Crippen LogP contribution in [0.25, 0.3) is 0 Å². The normalized spacial score (nSPS) is 25.2. The summed E-state index contributed by atoms with van der Waals surface area (Å²) in [4.78, 5) is 6.22. The van der Waals surface area contributed by atoms with E-state index in [4.69, 9.17) is 10.9 Å². The minimum Gasteiger partial charge on any atom is -0.409 e. The number of nitrogens with two attached hydrogens (primary N) is 1. The second-order valence-electron chi connectivity index (χ2n) is 4.66. The molecule has 1 aliphatic rings. The molecule has 1 fully saturated rings. The van der Waals surface area contributed by atoms with Crippen LogP contribution >= 0.6 is 0 Å². The summed E-state index contributed by atoms with van der Waals surface area (Å²) in [6.45, 7) is 3.62. The van der Waals surface area contributed by atoms with Crippen molar-refractivity contribution >= 4 is 11.5 Å². The van der Waals surface area contributed by atoms with E-state index < -0.39 is 0 Å². The van der Waals surface area contributed by atoms with Gasteiger partial charge in [-0.25, -0.2) is 0 Å². The molecule has 0 amide bonds. The van der Waals surface area contributed by atoms with Crippen molar-refractivity contribution in [2.24, 2.45) is 16.8 Å². The predicted molar refractivity (Wildman–Crippen MR) is 68.7 cm³/mol. The Morgan fingerprint density at radius 1 is 1.61 bits per heavy atom. The maximum atomic E-state index is 9.71. The van der Waals surface area contributed by atoms with Gasteiger partial charge in [-0.1, -0.05) is 12.1 Å². The van der Waals surface area contributed by atoms with E-state index in [1.54, 1.807) is 12.3 Å². The first-order valence-corrected chi connectivity index (χ1v) is 5.98. The number of piperidine rings is 1. The molecular formula is C12H18N4O2. The third-order valence-electron chi connectivity index (χ3n) is 3.34. The van der Waals surface area contributed by atoms with Gasteiger partial charge >= 0.3 is 0 Å². The van der Waals surface area contributed by atoms with Crippen molar-refractivity contribution in [1.82, 2.24) is 4.98 Å². The number of aliphatic hydroxyl groups excluding tert-OH is 1. The molecule has 6 nitrogen and oxygen atoms in total. The summed E-state index contributed by atoms with van der Waals surface area (Å²) in [5.41, 5.74) is 6.95. The Hall–Kier alpha value is -1.82. The van der Waals surface area contributed by atoms with E-state index in [1.807, 2.05) is 13.0 Å². The zero-order valence-electron chi connectivity index (χ0n) is 10.3. The third-order valence-corrected chi connectivity index (χ3v) is 3.34. The first kappa shape index (κ1) is 12.6. The number of pyridine rings is 1. The number of hydrogen-bond donors (Lipinski definition) is 3. The Bertz CT molecular complexity index is 449. The number of nitrogens with zero attached hydrogens (tertiary/aromatic N) is 3. The lowest BCUT2D eigenvalue weighted by Crippen LogP contribution is -2.42. The van der Waals surface area contributed by atoms with Gasteiger partial charge in [-0.05, 0) is 24.5 Å². The number of rotatable bonds is 2. The van der Waals surface area contributed by atoms with Gasteiger partial charge in [-0.3, -0.25) is 4.98 Å². The molecule has 2 rings (SSSR count). The molecule has 0 saturated carbocycles. The number of aliphatic hydroxyl groups is 1. The highest BCUT2D eigenvalue weighted by atomic mass is 16.4. The average Bonchev–Trinajstić information content (AvgIpc) is 2.41. The number of oxime groups is 1. The first-order valence-electron chi connectivity index (χ1n) is 5.98. The zero-order valence-corrected chi connectivity index (χ0v) is 10.3. The van der Waals surface area contributed by atoms with Gasteiger partial charge in [0.2, 0.25) is 0 Å². The van der Waals surface area contributed by atoms with Crippen LogP contribution in [0.2, 0.25) is 0 Å². The van der Waals surface area contributed by atoms with Crippen molar-refractivity contribution < 1.29 is 10.3 Å². The van der Waals surface area contributed by atoms with E-state index in [0.717, 1.165) is 25.2 Å². The Morgan fingerprint density at radius 3 is 3.06 bits per heavy atom. The fourth-order valence-corrected chi connectivity index (χ4v) is 2.18. The molecule has 6 heteroatoms. The highest BCUT2D eigenvalue weighted by Crippen LogP contribution is 2.23. The Kier molecular flexibility index (Phi) is 3.66. The number of amidine groups is 1.